The number of hydrogen-bond donors (Lipinski definition) is 0. The van der Waals surface area contributed by atoms with E-state index in [1.807, 2.05) is 0 Å². The van der Waals surface area contributed by atoms with E-state index in [0.29, 0.717) is 0 Å². The van der Waals surface area contributed by atoms with Gasteiger partial charge in [-0.25, -0.2) is 0 Å². The second-order valence-corrected chi connectivity index (χ2v) is 14.9. The van der Waals surface area contributed by atoms with Crippen molar-refractivity contribution in [1.82, 2.24) is 0 Å². The molecule has 0 heterocycles. The molecule has 0 fully saturated rings. The van der Waals surface area contributed by atoms with Gasteiger partial charge in [0.15, 0.2) is 0 Å². The molecule has 0 saturated carbocycles. The summed E-state index contributed by atoms with van der Waals surface area (Å²) < 4.78 is 0. The van der Waals surface area contributed by atoms with Crippen LogP contribution in [0.3, 0.4) is 0 Å². The lowest BCUT2D eigenvalue weighted by atomic mass is 10.2. The lowest BCUT2D eigenvalue weighted by molar-refractivity contribution is 0.653. The molecule has 0 aromatic carbocycles. The zero-order valence-corrected chi connectivity index (χ0v) is 17.4. The molecule has 0 aliphatic rings. The molecular formula is C18H39IS. The fourth-order valence-electron chi connectivity index (χ4n) is 2.64. The number of halogens is 1. The first kappa shape index (κ1) is 21.1. The van der Waals surface area contributed by atoms with E-state index in [4.69, 9.17) is 0 Å². The van der Waals surface area contributed by atoms with E-state index in [0.717, 1.165) is 0 Å². The van der Waals surface area contributed by atoms with Crippen molar-refractivity contribution in [2.24, 2.45) is 0 Å². The Hall–Kier alpha value is 1.08. The highest BCUT2D eigenvalue weighted by Crippen LogP contribution is 2.58. The topological polar surface area (TPSA) is 0 Å². The predicted octanol–water partition coefficient (Wildman–Crippen LogP) is 7.88. The van der Waals surface area contributed by atoms with E-state index in [9.17, 15) is 0 Å². The molecule has 0 aliphatic heterocycles. The summed E-state index contributed by atoms with van der Waals surface area (Å²) >= 11 is 2.90. The molecule has 0 aliphatic carbocycles. The summed E-state index contributed by atoms with van der Waals surface area (Å²) in [5.74, 6) is 4.63. The molecule has 0 unspecified atom stereocenters. The Kier molecular flexibility index (Phi) is 15.8. The Morgan fingerprint density at radius 1 is 0.500 bits per heavy atom. The van der Waals surface area contributed by atoms with Crippen molar-refractivity contribution in [3.8, 4) is 0 Å². The van der Waals surface area contributed by atoms with E-state index >= 15 is 0 Å². The molecule has 0 spiro atoms. The van der Waals surface area contributed by atoms with Crippen LogP contribution in [0.25, 0.3) is 0 Å². The first-order valence-corrected chi connectivity index (χ1v) is 13.8. The quantitative estimate of drug-likeness (QED) is 0.189. The monoisotopic (exact) mass is 414 g/mol. The van der Waals surface area contributed by atoms with Crippen molar-refractivity contribution in [2.45, 2.75) is 97.8 Å². The third-order valence-corrected chi connectivity index (χ3v) is 11.1. The largest absolute Gasteiger partial charge is 0.187 e. The molecule has 0 rings (SSSR count). The average Bonchev–Trinajstić information content (AvgIpc) is 2.45. The maximum Gasteiger partial charge on any atom is -0.0144 e. The lowest BCUT2D eigenvalue weighted by Crippen LogP contribution is -2.08. The minimum atomic E-state index is -0.306. The molecule has 124 valence electrons. The number of hydrogen-bond acceptors (Lipinski definition) is 0. The smallest absolute Gasteiger partial charge is 0.0144 e. The van der Waals surface area contributed by atoms with Crippen LogP contribution in [-0.2, 0) is 0 Å². The van der Waals surface area contributed by atoms with Gasteiger partial charge < -0.3 is 0 Å². The third kappa shape index (κ3) is 12.8. The molecule has 0 amide bonds. The molecule has 2 heteroatoms. The minimum absolute atomic E-state index is 0.306. The van der Waals surface area contributed by atoms with Gasteiger partial charge in [-0.05, 0) is 57.7 Å². The Labute approximate surface area is 143 Å². The predicted molar refractivity (Wildman–Crippen MR) is 109 cm³/mol. The van der Waals surface area contributed by atoms with Gasteiger partial charge in [0.1, 0.15) is 0 Å². The van der Waals surface area contributed by atoms with Crippen LogP contribution < -0.4 is 0 Å². The molecule has 0 atom stereocenters. The maximum absolute atomic E-state index is 2.90. The Morgan fingerprint density at radius 3 is 1.25 bits per heavy atom. The molecule has 0 aromatic heterocycles. The van der Waals surface area contributed by atoms with Crippen LogP contribution in [0.2, 0.25) is 0 Å². The molecule has 0 nitrogen and oxygen atoms in total. The SMILES string of the molecule is CCCCCCCS(I)(CCCC)CCCCCCC. The van der Waals surface area contributed by atoms with E-state index in [-0.39, 0.29) is 7.20 Å². The van der Waals surface area contributed by atoms with Crippen LogP contribution in [0.15, 0.2) is 0 Å². The molecular weight excluding hydrogens is 375 g/mol. The van der Waals surface area contributed by atoms with Crippen molar-refractivity contribution in [2.75, 3.05) is 17.3 Å². The van der Waals surface area contributed by atoms with Crippen LogP contribution in [-0.4, -0.2) is 17.3 Å². The average molecular weight is 414 g/mol. The summed E-state index contributed by atoms with van der Waals surface area (Å²) in [4.78, 5) is 0. The molecule has 0 aromatic rings. The summed E-state index contributed by atoms with van der Waals surface area (Å²) in [6, 6.07) is 0. The molecule has 0 N–H and O–H groups in total. The lowest BCUT2D eigenvalue weighted by Gasteiger charge is -2.34. The van der Waals surface area contributed by atoms with Crippen molar-refractivity contribution in [3.63, 3.8) is 0 Å². The Balaban J connectivity index is 3.88. The summed E-state index contributed by atoms with van der Waals surface area (Å²) in [7, 11) is -0.306. The van der Waals surface area contributed by atoms with E-state index in [1.54, 1.807) is 11.5 Å². The highest BCUT2D eigenvalue weighted by atomic mass is 127. The number of rotatable bonds is 15. The summed E-state index contributed by atoms with van der Waals surface area (Å²) in [6.07, 6.45) is 17.3. The Bertz CT molecular complexity index is 180. The van der Waals surface area contributed by atoms with Crippen LogP contribution >= 0.6 is 28.4 Å². The van der Waals surface area contributed by atoms with Crippen molar-refractivity contribution in [3.05, 3.63) is 0 Å². The van der Waals surface area contributed by atoms with Gasteiger partial charge in [-0.2, -0.15) is 7.20 Å². The van der Waals surface area contributed by atoms with Crippen molar-refractivity contribution in [1.29, 1.82) is 0 Å². The van der Waals surface area contributed by atoms with Crippen LogP contribution in [0.5, 0.6) is 0 Å². The van der Waals surface area contributed by atoms with E-state index < -0.39 is 0 Å². The minimum Gasteiger partial charge on any atom is -0.187 e. The highest BCUT2D eigenvalue weighted by molar-refractivity contribution is 14.2. The zero-order chi connectivity index (χ0) is 15.1. The first-order chi connectivity index (χ1) is 9.68. The Morgan fingerprint density at radius 2 is 0.850 bits per heavy atom. The van der Waals surface area contributed by atoms with E-state index in [1.165, 1.54) is 82.8 Å². The van der Waals surface area contributed by atoms with Crippen molar-refractivity contribution < 1.29 is 0 Å². The van der Waals surface area contributed by atoms with Gasteiger partial charge in [0.2, 0.25) is 0 Å². The second kappa shape index (κ2) is 15.0. The van der Waals surface area contributed by atoms with Gasteiger partial charge in [-0.1, -0.05) is 78.6 Å². The molecule has 20 heavy (non-hydrogen) atoms. The third-order valence-electron chi connectivity index (χ3n) is 4.09. The van der Waals surface area contributed by atoms with Crippen molar-refractivity contribution >= 4 is 28.4 Å². The number of unbranched alkanes of at least 4 members (excludes halogenated alkanes) is 9. The van der Waals surface area contributed by atoms with Gasteiger partial charge in [0, 0.05) is 0 Å². The van der Waals surface area contributed by atoms with Gasteiger partial charge in [-0.3, -0.25) is 0 Å². The second-order valence-electron chi connectivity index (χ2n) is 6.23. The van der Waals surface area contributed by atoms with Gasteiger partial charge in [0.25, 0.3) is 0 Å². The highest BCUT2D eigenvalue weighted by Gasteiger charge is 2.18. The molecule has 0 saturated heterocycles. The summed E-state index contributed by atoms with van der Waals surface area (Å²) in [5, 5.41) is 0. The maximum atomic E-state index is 2.90. The first-order valence-electron chi connectivity index (χ1n) is 9.14. The fourth-order valence-corrected chi connectivity index (χ4v) is 8.30. The van der Waals surface area contributed by atoms with Crippen LogP contribution in [0.1, 0.15) is 97.8 Å². The van der Waals surface area contributed by atoms with Crippen LogP contribution in [0, 0.1) is 0 Å². The summed E-state index contributed by atoms with van der Waals surface area (Å²) in [6.45, 7) is 6.97. The van der Waals surface area contributed by atoms with Gasteiger partial charge in [0.05, 0.1) is 0 Å². The fraction of sp³-hybridized carbons (Fsp3) is 1.00. The molecule has 0 bridgehead atoms. The normalized spacial score (nSPS) is 12.8. The molecule has 0 radical (unpaired) electrons. The van der Waals surface area contributed by atoms with E-state index in [2.05, 4.69) is 42.0 Å². The summed E-state index contributed by atoms with van der Waals surface area (Å²) in [5.41, 5.74) is 0. The van der Waals surface area contributed by atoms with Gasteiger partial charge in [-0.15, -0.1) is 0 Å². The van der Waals surface area contributed by atoms with Crippen LogP contribution in [0.4, 0.5) is 0 Å². The zero-order valence-electron chi connectivity index (χ0n) is 14.4. The standard InChI is InChI=1S/C18H39IS/c1-4-7-10-12-14-17-20(19,16-9-6-3)18-15-13-11-8-5-2/h4-18H2,1-3H3. The van der Waals surface area contributed by atoms with Gasteiger partial charge >= 0.3 is 0 Å².